The molecule has 0 spiro atoms. The summed E-state index contributed by atoms with van der Waals surface area (Å²) in [4.78, 5) is 42.9. The summed E-state index contributed by atoms with van der Waals surface area (Å²) in [7, 11) is 1.47. The summed E-state index contributed by atoms with van der Waals surface area (Å²) in [5, 5.41) is 11.3. The molecule has 1 aliphatic rings. The van der Waals surface area contributed by atoms with E-state index < -0.39 is 16.9 Å². The molecule has 11 heteroatoms. The third-order valence-electron chi connectivity index (χ3n) is 7.00. The molecule has 216 valence electrons. The number of allylic oxidation sites excluding steroid dienone is 1. The zero-order chi connectivity index (χ0) is 30.1. The van der Waals surface area contributed by atoms with Crippen molar-refractivity contribution < 1.29 is 23.6 Å². The number of nitrogens with zero attached hydrogens (tertiary/aromatic N) is 3. The molecule has 1 atom stereocenters. The van der Waals surface area contributed by atoms with E-state index in [4.69, 9.17) is 13.9 Å². The maximum atomic E-state index is 13.9. The minimum absolute atomic E-state index is 0.105. The zero-order valence-corrected chi connectivity index (χ0v) is 24.6. The summed E-state index contributed by atoms with van der Waals surface area (Å²) in [6.45, 7) is 7.86. The van der Waals surface area contributed by atoms with Gasteiger partial charge in [-0.2, -0.15) is 0 Å². The van der Waals surface area contributed by atoms with Gasteiger partial charge in [-0.25, -0.2) is 9.79 Å². The van der Waals surface area contributed by atoms with Crippen LogP contribution in [0.1, 0.15) is 56.5 Å². The van der Waals surface area contributed by atoms with Gasteiger partial charge in [0.25, 0.3) is 11.2 Å². The zero-order valence-electron chi connectivity index (χ0n) is 23.7. The second-order valence-corrected chi connectivity index (χ2v) is 11.0. The predicted molar refractivity (Wildman–Crippen MR) is 158 cm³/mol. The first-order valence-corrected chi connectivity index (χ1v) is 14.2. The number of nitro groups is 1. The smallest absolute Gasteiger partial charge is 0.338 e. The van der Waals surface area contributed by atoms with Gasteiger partial charge in [0.15, 0.2) is 4.80 Å². The van der Waals surface area contributed by atoms with Crippen LogP contribution in [0.4, 0.5) is 5.69 Å². The Morgan fingerprint density at radius 2 is 1.93 bits per heavy atom. The Morgan fingerprint density at radius 3 is 2.57 bits per heavy atom. The van der Waals surface area contributed by atoms with E-state index >= 15 is 0 Å². The van der Waals surface area contributed by atoms with Crippen molar-refractivity contribution in [3.8, 4) is 17.1 Å². The number of thiazole rings is 1. The molecule has 0 radical (unpaired) electrons. The molecule has 0 bridgehead atoms. The van der Waals surface area contributed by atoms with E-state index in [9.17, 15) is 19.7 Å². The van der Waals surface area contributed by atoms with Crippen LogP contribution in [0.2, 0.25) is 0 Å². The van der Waals surface area contributed by atoms with Gasteiger partial charge in [0.05, 0.1) is 46.0 Å². The molecule has 0 unspecified atom stereocenters. The lowest BCUT2D eigenvalue weighted by atomic mass is 9.93. The number of esters is 1. The van der Waals surface area contributed by atoms with Gasteiger partial charge in [-0.1, -0.05) is 49.4 Å². The Labute approximate surface area is 245 Å². The van der Waals surface area contributed by atoms with Crippen molar-refractivity contribution >= 4 is 29.1 Å². The molecule has 0 saturated heterocycles. The van der Waals surface area contributed by atoms with E-state index in [1.165, 1.54) is 41.2 Å². The van der Waals surface area contributed by atoms with Crippen LogP contribution in [0, 0.1) is 10.1 Å². The number of carbonyl (C=O) groups is 1. The standard InChI is InChI=1S/C31H29N3O7S/c1-6-40-30(36)27-18(4)32-31-33(28(27)20-9-7-19(8-10-20)17(2)3)29(35)26(42-31)16-22-12-14-25(41-22)23-15-21(34(37)38)11-13-24(23)39-5/h7-17,28H,6H2,1-5H3/b26-16-/t28-/m0/s1. The van der Waals surface area contributed by atoms with E-state index in [-0.39, 0.29) is 17.9 Å². The molecule has 5 rings (SSSR count). The fourth-order valence-corrected chi connectivity index (χ4v) is 5.90. The van der Waals surface area contributed by atoms with Crippen molar-refractivity contribution in [2.45, 2.75) is 39.7 Å². The molecule has 0 N–H and O–H groups in total. The number of hydrogen-bond donors (Lipinski definition) is 0. The van der Waals surface area contributed by atoms with Crippen molar-refractivity contribution in [2.75, 3.05) is 13.7 Å². The molecule has 0 amide bonds. The Balaban J connectivity index is 1.62. The minimum Gasteiger partial charge on any atom is -0.496 e. The Kier molecular flexibility index (Phi) is 7.95. The molecule has 3 heterocycles. The highest BCUT2D eigenvalue weighted by Gasteiger charge is 2.33. The monoisotopic (exact) mass is 587 g/mol. The summed E-state index contributed by atoms with van der Waals surface area (Å²) in [6, 6.07) is 14.7. The van der Waals surface area contributed by atoms with Gasteiger partial charge in [-0.15, -0.1) is 0 Å². The fourth-order valence-electron chi connectivity index (χ4n) is 4.88. The maximum Gasteiger partial charge on any atom is 0.338 e. The molecule has 10 nitrogen and oxygen atoms in total. The van der Waals surface area contributed by atoms with Crippen molar-refractivity contribution in [3.63, 3.8) is 0 Å². The van der Waals surface area contributed by atoms with Crippen LogP contribution in [0.15, 0.2) is 80.1 Å². The largest absolute Gasteiger partial charge is 0.496 e. The average Bonchev–Trinajstić information content (AvgIpc) is 3.56. The fraction of sp³-hybridized carbons (Fsp3) is 0.258. The lowest BCUT2D eigenvalue weighted by Gasteiger charge is -2.25. The third kappa shape index (κ3) is 5.30. The number of methoxy groups -OCH3 is 1. The number of non-ortho nitro benzene ring substituents is 1. The number of aromatic nitrogens is 1. The number of rotatable bonds is 8. The summed E-state index contributed by atoms with van der Waals surface area (Å²) in [5.74, 6) is 0.919. The topological polar surface area (TPSA) is 126 Å². The van der Waals surface area contributed by atoms with Crippen LogP contribution in [0.25, 0.3) is 17.4 Å². The van der Waals surface area contributed by atoms with E-state index in [1.807, 2.05) is 24.3 Å². The summed E-state index contributed by atoms with van der Waals surface area (Å²) in [5.41, 5.74) is 2.67. The molecular weight excluding hydrogens is 558 g/mol. The quantitative estimate of drug-likeness (QED) is 0.160. The number of benzene rings is 2. The minimum atomic E-state index is -0.718. The van der Waals surface area contributed by atoms with Gasteiger partial charge in [0.1, 0.15) is 17.3 Å². The molecule has 1 aliphatic heterocycles. The molecule has 0 saturated carbocycles. The Bertz CT molecular complexity index is 1900. The number of ether oxygens (including phenoxy) is 2. The van der Waals surface area contributed by atoms with Gasteiger partial charge in [0.2, 0.25) is 0 Å². The van der Waals surface area contributed by atoms with Crippen LogP contribution in [0.5, 0.6) is 5.75 Å². The summed E-state index contributed by atoms with van der Waals surface area (Å²) < 4.78 is 18.6. The lowest BCUT2D eigenvalue weighted by molar-refractivity contribution is -0.384. The molecule has 0 fully saturated rings. The van der Waals surface area contributed by atoms with Gasteiger partial charge in [0, 0.05) is 18.2 Å². The molecule has 2 aromatic carbocycles. The number of fused-ring (bicyclic) bond motifs is 1. The van der Waals surface area contributed by atoms with Crippen molar-refractivity contribution in [1.82, 2.24) is 4.57 Å². The summed E-state index contributed by atoms with van der Waals surface area (Å²) in [6.07, 6.45) is 1.60. The van der Waals surface area contributed by atoms with Crippen molar-refractivity contribution in [3.05, 3.63) is 113 Å². The molecule has 2 aromatic heterocycles. The number of hydrogen-bond acceptors (Lipinski definition) is 9. The van der Waals surface area contributed by atoms with E-state index in [0.717, 1.165) is 11.1 Å². The van der Waals surface area contributed by atoms with Gasteiger partial charge >= 0.3 is 5.97 Å². The molecule has 4 aromatic rings. The molecule has 0 aliphatic carbocycles. The van der Waals surface area contributed by atoms with Crippen LogP contribution < -0.4 is 19.6 Å². The first-order valence-electron chi connectivity index (χ1n) is 13.3. The number of nitro benzene ring substituents is 1. The van der Waals surface area contributed by atoms with Crippen LogP contribution >= 0.6 is 11.3 Å². The normalized spacial score (nSPS) is 15.0. The number of furan rings is 1. The van der Waals surface area contributed by atoms with Crippen molar-refractivity contribution in [1.29, 1.82) is 0 Å². The highest BCUT2D eigenvalue weighted by molar-refractivity contribution is 7.07. The Morgan fingerprint density at radius 1 is 1.19 bits per heavy atom. The average molecular weight is 588 g/mol. The first-order chi connectivity index (χ1) is 20.1. The van der Waals surface area contributed by atoms with E-state index in [1.54, 1.807) is 32.1 Å². The first kappa shape index (κ1) is 28.7. The molecular formula is C31H29N3O7S. The van der Waals surface area contributed by atoms with E-state index in [2.05, 4.69) is 18.8 Å². The summed E-state index contributed by atoms with van der Waals surface area (Å²) >= 11 is 1.18. The second-order valence-electron chi connectivity index (χ2n) is 9.97. The lowest BCUT2D eigenvalue weighted by Crippen LogP contribution is -2.39. The second kappa shape index (κ2) is 11.6. The maximum absolute atomic E-state index is 13.9. The SMILES string of the molecule is CCOC(=O)C1=C(C)N=c2s/c(=C\c3ccc(-c4cc([N+](=O)[O-])ccc4OC)o3)c(=O)n2[C@H]1c1ccc(C(C)C)cc1. The predicted octanol–water partition coefficient (Wildman–Crippen LogP) is 5.10. The van der Waals surface area contributed by atoms with Gasteiger partial charge in [-0.05, 0) is 49.1 Å². The molecule has 42 heavy (non-hydrogen) atoms. The van der Waals surface area contributed by atoms with E-state index in [0.29, 0.717) is 49.4 Å². The third-order valence-corrected chi connectivity index (χ3v) is 7.98. The Hall–Kier alpha value is -4.77. The van der Waals surface area contributed by atoms with Crippen molar-refractivity contribution in [2.24, 2.45) is 4.99 Å². The number of carbonyl (C=O) groups excluding carboxylic acids is 1. The van der Waals surface area contributed by atoms with Gasteiger partial charge in [-0.3, -0.25) is 19.5 Å². The van der Waals surface area contributed by atoms with Gasteiger partial charge < -0.3 is 13.9 Å². The van der Waals surface area contributed by atoms with Crippen LogP contribution in [0.3, 0.4) is 0 Å². The van der Waals surface area contributed by atoms with Crippen LogP contribution in [-0.2, 0) is 9.53 Å². The highest BCUT2D eigenvalue weighted by atomic mass is 32.1. The highest BCUT2D eigenvalue weighted by Crippen LogP contribution is 2.35. The van der Waals surface area contributed by atoms with Crippen LogP contribution in [-0.4, -0.2) is 29.2 Å².